The zero-order chi connectivity index (χ0) is 21.9. The van der Waals surface area contributed by atoms with Gasteiger partial charge < -0.3 is 14.6 Å². The minimum Gasteiger partial charge on any atom is -0.451 e. The zero-order valence-electron chi connectivity index (χ0n) is 17.2. The standard InChI is InChI=1S/C19H25N3O6S/c1-10-8-7-9-11(2)16(10)20-18(23)15(6)27-19(24)13(4)22-29(25,26)17-12(3)21-28-14(17)5/h7-9,13,15,22H,1-6H3,(H,20,23)/t13-,15-/m0/s1. The first-order valence-electron chi connectivity index (χ1n) is 8.96. The van der Waals surface area contributed by atoms with Gasteiger partial charge in [-0.15, -0.1) is 0 Å². The molecule has 0 aliphatic heterocycles. The number of amides is 1. The van der Waals surface area contributed by atoms with Crippen LogP contribution in [0.3, 0.4) is 0 Å². The number of ether oxygens (including phenoxy) is 1. The zero-order valence-corrected chi connectivity index (χ0v) is 18.0. The Kier molecular flexibility index (Phi) is 6.81. The third-order valence-corrected chi connectivity index (χ3v) is 6.10. The highest BCUT2D eigenvalue weighted by molar-refractivity contribution is 7.89. The number of nitrogens with one attached hydrogen (secondary N) is 2. The van der Waals surface area contributed by atoms with Crippen molar-refractivity contribution < 1.29 is 27.3 Å². The predicted molar refractivity (Wildman–Crippen MR) is 106 cm³/mol. The highest BCUT2D eigenvalue weighted by atomic mass is 32.2. The van der Waals surface area contributed by atoms with E-state index in [4.69, 9.17) is 9.26 Å². The molecule has 0 bridgehead atoms. The van der Waals surface area contributed by atoms with Gasteiger partial charge in [0.15, 0.2) is 11.9 Å². The Morgan fingerprint density at radius 2 is 1.69 bits per heavy atom. The predicted octanol–water partition coefficient (Wildman–Crippen LogP) is 2.15. The van der Waals surface area contributed by atoms with Crippen LogP contribution in [0, 0.1) is 27.7 Å². The van der Waals surface area contributed by atoms with Crippen molar-refractivity contribution in [2.75, 3.05) is 5.32 Å². The first-order valence-corrected chi connectivity index (χ1v) is 10.4. The van der Waals surface area contributed by atoms with Gasteiger partial charge in [0, 0.05) is 5.69 Å². The Labute approximate surface area is 169 Å². The monoisotopic (exact) mass is 423 g/mol. The average molecular weight is 423 g/mol. The van der Waals surface area contributed by atoms with E-state index in [1.54, 1.807) is 0 Å². The molecule has 0 spiro atoms. The van der Waals surface area contributed by atoms with Crippen LogP contribution in [-0.4, -0.2) is 37.6 Å². The van der Waals surface area contributed by atoms with Crippen molar-refractivity contribution in [2.45, 2.75) is 58.6 Å². The molecule has 0 saturated carbocycles. The fraction of sp³-hybridized carbons (Fsp3) is 0.421. The van der Waals surface area contributed by atoms with Crippen molar-refractivity contribution in [1.29, 1.82) is 0 Å². The number of sulfonamides is 1. The molecule has 1 heterocycles. The van der Waals surface area contributed by atoms with E-state index in [1.165, 1.54) is 27.7 Å². The molecule has 2 atom stereocenters. The van der Waals surface area contributed by atoms with Crippen LogP contribution in [0.25, 0.3) is 0 Å². The summed E-state index contributed by atoms with van der Waals surface area (Å²) in [6.45, 7) is 9.38. The van der Waals surface area contributed by atoms with Gasteiger partial charge in [-0.05, 0) is 52.7 Å². The number of para-hydroxylation sites is 1. The van der Waals surface area contributed by atoms with Gasteiger partial charge in [0.25, 0.3) is 5.91 Å². The molecule has 2 N–H and O–H groups in total. The number of aromatic nitrogens is 1. The molecule has 2 rings (SSSR count). The molecular formula is C19H25N3O6S. The number of hydrogen-bond acceptors (Lipinski definition) is 7. The molecule has 1 amide bonds. The van der Waals surface area contributed by atoms with Crippen LogP contribution in [-0.2, 0) is 24.3 Å². The largest absolute Gasteiger partial charge is 0.451 e. The van der Waals surface area contributed by atoms with Crippen molar-refractivity contribution in [3.05, 3.63) is 40.8 Å². The third-order valence-electron chi connectivity index (χ3n) is 4.31. The molecule has 0 aliphatic rings. The van der Waals surface area contributed by atoms with Crippen LogP contribution in [0.15, 0.2) is 27.6 Å². The second-order valence-corrected chi connectivity index (χ2v) is 8.48. The average Bonchev–Trinajstić information content (AvgIpc) is 2.96. The number of anilines is 1. The van der Waals surface area contributed by atoms with E-state index in [1.807, 2.05) is 32.0 Å². The normalized spacial score (nSPS) is 13.6. The number of hydrogen-bond donors (Lipinski definition) is 2. The quantitative estimate of drug-likeness (QED) is 0.653. The summed E-state index contributed by atoms with van der Waals surface area (Å²) in [6, 6.07) is 4.36. The first-order chi connectivity index (χ1) is 13.4. The summed E-state index contributed by atoms with van der Waals surface area (Å²) >= 11 is 0. The van der Waals surface area contributed by atoms with E-state index in [0.717, 1.165) is 11.1 Å². The fourth-order valence-electron chi connectivity index (χ4n) is 2.76. The van der Waals surface area contributed by atoms with Gasteiger partial charge in [-0.1, -0.05) is 23.4 Å². The Balaban J connectivity index is 2.02. The first kappa shape index (κ1) is 22.6. The van der Waals surface area contributed by atoms with E-state index in [0.29, 0.717) is 5.69 Å². The lowest BCUT2D eigenvalue weighted by Gasteiger charge is -2.18. The topological polar surface area (TPSA) is 128 Å². The van der Waals surface area contributed by atoms with E-state index >= 15 is 0 Å². The summed E-state index contributed by atoms with van der Waals surface area (Å²) in [7, 11) is -4.05. The Morgan fingerprint density at radius 1 is 1.10 bits per heavy atom. The minimum absolute atomic E-state index is 0.108. The molecule has 0 aliphatic carbocycles. The van der Waals surface area contributed by atoms with Crippen molar-refractivity contribution in [3.63, 3.8) is 0 Å². The van der Waals surface area contributed by atoms with Gasteiger partial charge >= 0.3 is 5.97 Å². The van der Waals surface area contributed by atoms with E-state index in [-0.39, 0.29) is 16.3 Å². The second-order valence-electron chi connectivity index (χ2n) is 6.83. The van der Waals surface area contributed by atoms with Crippen molar-refractivity contribution in [2.24, 2.45) is 0 Å². The number of carbonyl (C=O) groups excluding carboxylic acids is 2. The Morgan fingerprint density at radius 3 is 2.21 bits per heavy atom. The number of carbonyl (C=O) groups is 2. The van der Waals surface area contributed by atoms with E-state index in [2.05, 4.69) is 15.2 Å². The molecule has 9 nitrogen and oxygen atoms in total. The molecule has 0 saturated heterocycles. The molecule has 1 aromatic carbocycles. The van der Waals surface area contributed by atoms with Crippen LogP contribution in [0.1, 0.15) is 36.4 Å². The molecular weight excluding hydrogens is 398 g/mol. The Hall–Kier alpha value is -2.72. The maximum absolute atomic E-state index is 12.5. The molecule has 2 aromatic rings. The second kappa shape index (κ2) is 8.75. The highest BCUT2D eigenvalue weighted by Crippen LogP contribution is 2.20. The maximum Gasteiger partial charge on any atom is 0.324 e. The van der Waals surface area contributed by atoms with Crippen LogP contribution in [0.4, 0.5) is 5.69 Å². The summed E-state index contributed by atoms with van der Waals surface area (Å²) in [5, 5.41) is 6.33. The summed E-state index contributed by atoms with van der Waals surface area (Å²) in [6.07, 6.45) is -1.12. The number of esters is 1. The highest BCUT2D eigenvalue weighted by Gasteiger charge is 2.30. The summed E-state index contributed by atoms with van der Waals surface area (Å²) in [4.78, 5) is 24.6. The minimum atomic E-state index is -4.05. The van der Waals surface area contributed by atoms with Crippen LogP contribution in [0.2, 0.25) is 0 Å². The number of aryl methyl sites for hydroxylation is 4. The van der Waals surface area contributed by atoms with Gasteiger partial charge in [-0.25, -0.2) is 8.42 Å². The van der Waals surface area contributed by atoms with Crippen LogP contribution < -0.4 is 10.0 Å². The maximum atomic E-state index is 12.5. The summed E-state index contributed by atoms with van der Waals surface area (Å²) < 4.78 is 37.2. The van der Waals surface area contributed by atoms with Gasteiger partial charge in [0.2, 0.25) is 10.0 Å². The van der Waals surface area contributed by atoms with E-state index in [9.17, 15) is 18.0 Å². The van der Waals surface area contributed by atoms with Gasteiger partial charge in [0.1, 0.15) is 16.6 Å². The molecule has 29 heavy (non-hydrogen) atoms. The number of benzene rings is 1. The van der Waals surface area contributed by atoms with Gasteiger partial charge in [-0.3, -0.25) is 9.59 Å². The lowest BCUT2D eigenvalue weighted by Crippen LogP contribution is -2.42. The van der Waals surface area contributed by atoms with Crippen LogP contribution >= 0.6 is 0 Å². The van der Waals surface area contributed by atoms with Crippen molar-refractivity contribution in [3.8, 4) is 0 Å². The van der Waals surface area contributed by atoms with Gasteiger partial charge in [-0.2, -0.15) is 4.72 Å². The lowest BCUT2D eigenvalue weighted by molar-refractivity contribution is -0.154. The SMILES string of the molecule is Cc1cccc(C)c1NC(=O)[C@H](C)OC(=O)[C@H](C)NS(=O)(=O)c1c(C)noc1C. The fourth-order valence-corrected chi connectivity index (χ4v) is 4.29. The molecule has 10 heteroatoms. The summed E-state index contributed by atoms with van der Waals surface area (Å²) in [5.41, 5.74) is 2.57. The van der Waals surface area contributed by atoms with Crippen molar-refractivity contribution >= 4 is 27.6 Å². The molecule has 0 unspecified atom stereocenters. The molecule has 1 aromatic heterocycles. The third kappa shape index (κ3) is 5.21. The smallest absolute Gasteiger partial charge is 0.324 e. The summed E-state index contributed by atoms with van der Waals surface area (Å²) in [5.74, 6) is -1.29. The molecule has 0 radical (unpaired) electrons. The number of rotatable bonds is 7. The lowest BCUT2D eigenvalue weighted by atomic mass is 10.1. The molecule has 0 fully saturated rings. The van der Waals surface area contributed by atoms with Crippen LogP contribution in [0.5, 0.6) is 0 Å². The van der Waals surface area contributed by atoms with E-state index < -0.39 is 34.0 Å². The van der Waals surface area contributed by atoms with Crippen molar-refractivity contribution in [1.82, 2.24) is 9.88 Å². The van der Waals surface area contributed by atoms with Gasteiger partial charge in [0.05, 0.1) is 0 Å². The Bertz CT molecular complexity index is 989. The molecule has 158 valence electrons. The number of nitrogens with zero attached hydrogens (tertiary/aromatic N) is 1.